The Kier molecular flexibility index (Phi) is 6.39. The first-order chi connectivity index (χ1) is 10.2. The second-order valence-electron chi connectivity index (χ2n) is 5.49. The number of hydrogen-bond donors (Lipinski definition) is 3. The highest BCUT2D eigenvalue weighted by Crippen LogP contribution is 2.27. The van der Waals surface area contributed by atoms with Gasteiger partial charge in [0.2, 0.25) is 0 Å². The van der Waals surface area contributed by atoms with Gasteiger partial charge < -0.3 is 15.7 Å². The van der Waals surface area contributed by atoms with E-state index < -0.39 is 0 Å². The molecule has 1 fully saturated rings. The summed E-state index contributed by atoms with van der Waals surface area (Å²) >= 11 is 1.89. The lowest BCUT2D eigenvalue weighted by Gasteiger charge is -2.13. The number of carbonyl (C=O) groups excluding carboxylic acids is 1. The van der Waals surface area contributed by atoms with Crippen LogP contribution in [0.2, 0.25) is 0 Å². The van der Waals surface area contributed by atoms with Crippen LogP contribution in [0.1, 0.15) is 30.4 Å². The van der Waals surface area contributed by atoms with Gasteiger partial charge in [0.05, 0.1) is 6.61 Å². The van der Waals surface area contributed by atoms with Crippen LogP contribution in [0.15, 0.2) is 24.3 Å². The molecule has 0 bridgehead atoms. The number of aliphatic hydroxyl groups is 1. The van der Waals surface area contributed by atoms with E-state index in [1.165, 1.54) is 6.42 Å². The number of aliphatic hydroxyl groups excluding tert-OH is 1. The predicted octanol–water partition coefficient (Wildman–Crippen LogP) is 2.30. The Morgan fingerprint density at radius 2 is 2.00 bits per heavy atom. The average molecular weight is 308 g/mol. The maximum absolute atomic E-state index is 11.8. The number of rotatable bonds is 6. The second kappa shape index (κ2) is 8.29. The van der Waals surface area contributed by atoms with Gasteiger partial charge in [-0.15, -0.1) is 0 Å². The number of hydrogen-bond acceptors (Lipinski definition) is 3. The van der Waals surface area contributed by atoms with E-state index in [1.807, 2.05) is 36.0 Å². The van der Waals surface area contributed by atoms with Gasteiger partial charge in [0.1, 0.15) is 0 Å². The Balaban J connectivity index is 1.64. The van der Waals surface area contributed by atoms with Gasteiger partial charge in [-0.2, -0.15) is 11.8 Å². The molecule has 0 heterocycles. The van der Waals surface area contributed by atoms with Gasteiger partial charge in [-0.3, -0.25) is 0 Å². The molecule has 2 rings (SSSR count). The van der Waals surface area contributed by atoms with Crippen molar-refractivity contribution in [2.24, 2.45) is 0 Å². The highest BCUT2D eigenvalue weighted by molar-refractivity contribution is 7.99. The van der Waals surface area contributed by atoms with Crippen molar-refractivity contribution in [3.63, 3.8) is 0 Å². The minimum absolute atomic E-state index is 0.0614. The van der Waals surface area contributed by atoms with Gasteiger partial charge in [-0.25, -0.2) is 4.79 Å². The molecule has 1 aliphatic carbocycles. The summed E-state index contributed by atoms with van der Waals surface area (Å²) in [6, 6.07) is 8.07. The molecular weight excluding hydrogens is 284 g/mol. The molecule has 1 aromatic carbocycles. The third-order valence-corrected chi connectivity index (χ3v) is 5.05. The maximum Gasteiger partial charge on any atom is 0.315 e. The Morgan fingerprint density at radius 1 is 1.29 bits per heavy atom. The van der Waals surface area contributed by atoms with E-state index >= 15 is 0 Å². The number of carbonyl (C=O) groups is 1. The predicted molar refractivity (Wildman–Crippen MR) is 87.5 cm³/mol. The maximum atomic E-state index is 11.8. The van der Waals surface area contributed by atoms with Crippen molar-refractivity contribution in [1.82, 2.24) is 10.6 Å². The molecule has 1 aromatic rings. The van der Waals surface area contributed by atoms with Crippen molar-refractivity contribution < 1.29 is 9.90 Å². The molecule has 3 N–H and O–H groups in total. The third kappa shape index (κ3) is 5.25. The van der Waals surface area contributed by atoms with E-state index in [4.69, 9.17) is 5.11 Å². The minimum Gasteiger partial charge on any atom is -0.392 e. The lowest BCUT2D eigenvalue weighted by molar-refractivity contribution is 0.237. The smallest absolute Gasteiger partial charge is 0.315 e. The molecule has 0 spiro atoms. The van der Waals surface area contributed by atoms with E-state index in [-0.39, 0.29) is 12.6 Å². The van der Waals surface area contributed by atoms with Crippen LogP contribution < -0.4 is 10.6 Å². The van der Waals surface area contributed by atoms with Crippen LogP contribution in [-0.2, 0) is 13.0 Å². The van der Waals surface area contributed by atoms with Crippen LogP contribution in [0, 0.1) is 0 Å². The zero-order valence-electron chi connectivity index (χ0n) is 12.5. The molecule has 116 valence electrons. The molecule has 4 nitrogen and oxygen atoms in total. The summed E-state index contributed by atoms with van der Waals surface area (Å²) in [7, 11) is 0. The lowest BCUT2D eigenvalue weighted by Crippen LogP contribution is -2.41. The summed E-state index contributed by atoms with van der Waals surface area (Å²) in [6.45, 7) is 0.697. The summed E-state index contributed by atoms with van der Waals surface area (Å²) in [5.74, 6) is 0. The average Bonchev–Trinajstić information content (AvgIpc) is 2.95. The molecule has 1 saturated carbocycles. The highest BCUT2D eigenvalue weighted by Gasteiger charge is 2.24. The van der Waals surface area contributed by atoms with Crippen molar-refractivity contribution in [3.05, 3.63) is 35.4 Å². The van der Waals surface area contributed by atoms with Crippen LogP contribution in [0.5, 0.6) is 0 Å². The largest absolute Gasteiger partial charge is 0.392 e. The minimum atomic E-state index is -0.0614. The molecule has 1 aliphatic rings. The molecule has 2 unspecified atom stereocenters. The van der Waals surface area contributed by atoms with Crippen LogP contribution >= 0.6 is 11.8 Å². The Labute approximate surface area is 130 Å². The van der Waals surface area contributed by atoms with Crippen LogP contribution in [0.25, 0.3) is 0 Å². The zero-order valence-corrected chi connectivity index (χ0v) is 13.3. The molecule has 2 atom stereocenters. The Bertz CT molecular complexity index is 450. The zero-order chi connectivity index (χ0) is 15.1. The van der Waals surface area contributed by atoms with Crippen molar-refractivity contribution in [1.29, 1.82) is 0 Å². The van der Waals surface area contributed by atoms with Gasteiger partial charge in [0.25, 0.3) is 0 Å². The molecule has 0 aliphatic heterocycles. The number of nitrogens with one attached hydrogen (secondary N) is 2. The van der Waals surface area contributed by atoms with E-state index in [1.54, 1.807) is 0 Å². The topological polar surface area (TPSA) is 61.4 Å². The van der Waals surface area contributed by atoms with Gasteiger partial charge in [0.15, 0.2) is 0 Å². The molecule has 2 amide bonds. The fourth-order valence-corrected chi connectivity index (χ4v) is 3.45. The summed E-state index contributed by atoms with van der Waals surface area (Å²) in [6.07, 6.45) is 6.30. The number of amides is 2. The molecule has 21 heavy (non-hydrogen) atoms. The van der Waals surface area contributed by atoms with Gasteiger partial charge in [0, 0.05) is 17.8 Å². The lowest BCUT2D eigenvalue weighted by atomic mass is 10.1. The van der Waals surface area contributed by atoms with Crippen molar-refractivity contribution in [2.75, 3.05) is 12.8 Å². The van der Waals surface area contributed by atoms with E-state index in [0.29, 0.717) is 17.8 Å². The SMILES string of the molecule is CSC1CCC(NC(=O)NCCc2ccc(CO)cc2)C1. The summed E-state index contributed by atoms with van der Waals surface area (Å²) in [5.41, 5.74) is 2.07. The molecular formula is C16H24N2O2S. The van der Waals surface area contributed by atoms with E-state index in [0.717, 1.165) is 30.4 Å². The quantitative estimate of drug-likeness (QED) is 0.756. The van der Waals surface area contributed by atoms with Gasteiger partial charge in [-0.05, 0) is 43.1 Å². The summed E-state index contributed by atoms with van der Waals surface area (Å²) in [4.78, 5) is 11.8. The van der Waals surface area contributed by atoms with Gasteiger partial charge >= 0.3 is 6.03 Å². The summed E-state index contributed by atoms with van der Waals surface area (Å²) in [5, 5.41) is 15.6. The molecule has 0 saturated heterocycles. The van der Waals surface area contributed by atoms with Crippen LogP contribution in [0.3, 0.4) is 0 Å². The Hall–Kier alpha value is -1.20. The van der Waals surface area contributed by atoms with E-state index in [2.05, 4.69) is 16.9 Å². The first kappa shape index (κ1) is 16.2. The van der Waals surface area contributed by atoms with Crippen molar-refractivity contribution >= 4 is 17.8 Å². The van der Waals surface area contributed by atoms with E-state index in [9.17, 15) is 4.79 Å². The normalized spacial score (nSPS) is 21.2. The standard InChI is InChI=1S/C16H24N2O2S/c1-21-15-7-6-14(10-15)18-16(20)17-9-8-12-2-4-13(11-19)5-3-12/h2-5,14-15,19H,6-11H2,1H3,(H2,17,18,20). The Morgan fingerprint density at radius 3 is 2.62 bits per heavy atom. The number of thioether (sulfide) groups is 1. The molecule has 0 aromatic heterocycles. The van der Waals surface area contributed by atoms with Gasteiger partial charge in [-0.1, -0.05) is 24.3 Å². The summed E-state index contributed by atoms with van der Waals surface area (Å²) < 4.78 is 0. The highest BCUT2D eigenvalue weighted by atomic mass is 32.2. The van der Waals surface area contributed by atoms with Crippen molar-refractivity contribution in [3.8, 4) is 0 Å². The first-order valence-corrected chi connectivity index (χ1v) is 8.76. The van der Waals surface area contributed by atoms with Crippen LogP contribution in [0.4, 0.5) is 4.79 Å². The third-order valence-electron chi connectivity index (χ3n) is 3.96. The first-order valence-electron chi connectivity index (χ1n) is 7.47. The fourth-order valence-electron chi connectivity index (χ4n) is 2.65. The second-order valence-corrected chi connectivity index (χ2v) is 6.63. The van der Waals surface area contributed by atoms with Crippen LogP contribution in [-0.4, -0.2) is 35.2 Å². The number of benzene rings is 1. The fraction of sp³-hybridized carbons (Fsp3) is 0.562. The molecule has 5 heteroatoms. The molecule has 0 radical (unpaired) electrons. The monoisotopic (exact) mass is 308 g/mol. The van der Waals surface area contributed by atoms with Crippen molar-refractivity contribution in [2.45, 2.75) is 43.6 Å². The number of urea groups is 1.